The number of carbonyl (C=O) groups excluding carboxylic acids is 3. The van der Waals surface area contributed by atoms with E-state index < -0.39 is 168 Å². The molecule has 12 unspecified atom stereocenters. The molecule has 39 nitrogen and oxygen atoms in total. The molecule has 4 fully saturated rings. The molecule has 0 amide bonds. The number of nitrogens with zero attached hydrogens (tertiary/aromatic N) is 3. The summed E-state index contributed by atoms with van der Waals surface area (Å²) in [5.41, 5.74) is 1.04. The van der Waals surface area contributed by atoms with Crippen LogP contribution in [-0.2, 0) is 89.3 Å². The normalized spacial score (nSPS) is 20.9. The lowest BCUT2D eigenvalue weighted by Gasteiger charge is -2.27. The van der Waals surface area contributed by atoms with E-state index in [-0.39, 0.29) is 90.6 Å². The van der Waals surface area contributed by atoms with Gasteiger partial charge in [0.2, 0.25) is 0 Å². The number of hydrogen-bond donors (Lipinski definition) is 12. The molecule has 0 spiro atoms. The summed E-state index contributed by atoms with van der Waals surface area (Å²) in [6.07, 6.45) is 5.70. The van der Waals surface area contributed by atoms with Crippen LogP contribution in [0.1, 0.15) is 137 Å². The summed E-state index contributed by atoms with van der Waals surface area (Å²) in [5.74, 6) is -1.31. The molecule has 3 saturated heterocycles. The number of methoxy groups -OCH3 is 1. The molecule has 760 valence electrons. The summed E-state index contributed by atoms with van der Waals surface area (Å²) in [4.78, 5) is 135. The number of aromatic amines is 6. The van der Waals surface area contributed by atoms with E-state index >= 15 is 0 Å². The highest BCUT2D eigenvalue weighted by Gasteiger charge is 2.46. The molecule has 6 aromatic carbocycles. The van der Waals surface area contributed by atoms with Crippen LogP contribution in [0, 0.1) is 5.41 Å². The SMILES string of the molecule is CC(C)(C)COC(=O)[C@H](Cc1cc2ccccc2[nH]1)NP(=O)(OCC1OC(n2cc(/C=C/Br)c(=O)[nH]c2=O)CC1O)Oc1ccccc1.COC(=O)[C@H](Cc1cc2ccccc2[nH]1)NP(=O)(OCC1OC(n2cc(/C=C/Br)c(=O)[nH]c2=O)CC1O)Oc1ccccc1.O=C(OC1CCCCCCC1)[C@H](Cc1cc2ccccc2[nH]1)NP(=O)(OCC1OC(n2cc(/C=C/Br)c(=O)[nH]c2=O)CC1O)Oc1ccccc1. The first-order valence-corrected chi connectivity index (χ1v) is 53.4. The zero-order valence-electron chi connectivity index (χ0n) is 78.0. The van der Waals surface area contributed by atoms with Crippen LogP contribution in [0.25, 0.3) is 50.9 Å². The number of nitrogens with one attached hydrogen (secondary N) is 9. The van der Waals surface area contributed by atoms with Crippen molar-refractivity contribution < 1.29 is 99.0 Å². The van der Waals surface area contributed by atoms with Gasteiger partial charge in [0.1, 0.15) is 78.5 Å². The molecular formula is C98H110Br3N12O27P3. The first-order chi connectivity index (χ1) is 68.7. The third kappa shape index (κ3) is 30.0. The Hall–Kier alpha value is -11.3. The number of benzene rings is 6. The Labute approximate surface area is 843 Å². The Kier molecular flexibility index (Phi) is 37.5. The van der Waals surface area contributed by atoms with E-state index in [1.54, 1.807) is 91.0 Å². The number of para-hydroxylation sites is 6. The van der Waals surface area contributed by atoms with Crippen molar-refractivity contribution in [1.82, 2.24) is 58.9 Å². The number of halogens is 3. The number of rotatable bonds is 38. The molecule has 1 saturated carbocycles. The maximum atomic E-state index is 14.7. The van der Waals surface area contributed by atoms with Gasteiger partial charge in [0.05, 0.1) is 68.5 Å². The molecule has 0 radical (unpaired) electrons. The van der Waals surface area contributed by atoms with Crippen LogP contribution in [0.4, 0.5) is 0 Å². The number of carbonyl (C=O) groups is 3. The first kappa shape index (κ1) is 107. The molecular weight excluding hydrogens is 2110 g/mol. The molecule has 1 aliphatic carbocycles. The van der Waals surface area contributed by atoms with Crippen molar-refractivity contribution in [3.05, 3.63) is 312 Å². The summed E-state index contributed by atoms with van der Waals surface area (Å²) >= 11 is 9.34. The minimum absolute atomic E-state index is 0.00849. The fraction of sp³-hybridized carbons (Fsp3) is 0.357. The van der Waals surface area contributed by atoms with Gasteiger partial charge in [-0.2, -0.15) is 15.3 Å². The van der Waals surface area contributed by atoms with Crippen molar-refractivity contribution in [3.8, 4) is 17.2 Å². The minimum atomic E-state index is -4.38. The van der Waals surface area contributed by atoms with E-state index in [4.69, 9.17) is 55.6 Å². The van der Waals surface area contributed by atoms with Gasteiger partial charge in [-0.05, 0) is 153 Å². The monoisotopic (exact) mass is 2220 g/mol. The Morgan fingerprint density at radius 3 is 1.04 bits per heavy atom. The molecule has 143 heavy (non-hydrogen) atoms. The maximum absolute atomic E-state index is 14.7. The lowest BCUT2D eigenvalue weighted by molar-refractivity contribution is -0.152. The molecule has 6 aromatic heterocycles. The number of aromatic nitrogens is 9. The first-order valence-electron chi connectivity index (χ1n) is 46.0. The molecule has 16 rings (SSSR count). The number of H-pyrrole nitrogens is 6. The Morgan fingerprint density at radius 1 is 0.434 bits per heavy atom. The largest absolute Gasteiger partial charge is 0.468 e. The lowest BCUT2D eigenvalue weighted by atomic mass is 9.98. The standard InChI is InChI=1S/C36H42BrN4O9P.C33H38BrN4O9P.C29H30BrN4O9P/c37-18-17-25-22-41(36(45)39-34(25)43)33-21-31(42)32(49-33)23-47-51(46,50-28-14-7-4-8-15-28)40-30(20-26-19-24-11-9-10-16-29(24)38-26)35(44)48-27-12-5-2-1-3-6-13-27;1-33(2,3)20-44-31(41)26(16-23-15-21-9-7-8-12-25(21)35-23)37-48(43,47-24-10-5-4-6-11-24)45-19-28-27(39)17-29(46-28)38-18-22(13-14-34)30(40)36-32(38)42;1-40-28(37)23(14-20-13-18-7-5-6-10-22(18)31-20)33-44(39,43-21-8-3-2-4-9-21)41-17-25-24(35)15-26(42-25)34-16-19(11-12-30)27(36)32-29(34)38/h4,7-11,14-19,22,27,30-33,38,42H,1-3,5-6,12-13,20-21,23H2,(H,40,46)(H,39,43,45);4-15,18,26-29,35,39H,16-17,19-20H2,1-3H3,(H,37,43)(H,36,40,42);2-13,16,23-26,31,35H,14-15,17H2,1H3,(H,33,39)(H,32,36,38)/b18-17+;14-13+;12-11+/t30-,31?,32?,33?,51?;26-,27?,28?,29?,48?;23-,24?,25?,26?,44?/m000/s1. The molecule has 15 atom stereocenters. The summed E-state index contributed by atoms with van der Waals surface area (Å²) in [7, 11) is -11.9. The number of esters is 3. The second kappa shape index (κ2) is 50.0. The van der Waals surface area contributed by atoms with E-state index in [1.807, 2.05) is 112 Å². The zero-order valence-corrected chi connectivity index (χ0v) is 85.4. The van der Waals surface area contributed by atoms with Gasteiger partial charge in [-0.1, -0.05) is 197 Å². The number of aliphatic hydroxyl groups is 3. The number of fused-ring (bicyclic) bond motifs is 3. The second-order valence-corrected chi connectivity index (χ2v) is 42.1. The number of ether oxygens (including phenoxy) is 6. The highest BCUT2D eigenvalue weighted by Crippen LogP contribution is 2.50. The van der Waals surface area contributed by atoms with Gasteiger partial charge < -0.3 is 72.3 Å². The average molecular weight is 2220 g/mol. The third-order valence-electron chi connectivity index (χ3n) is 23.4. The summed E-state index contributed by atoms with van der Waals surface area (Å²) in [5, 5.41) is 43.8. The fourth-order valence-electron chi connectivity index (χ4n) is 16.3. The van der Waals surface area contributed by atoms with Crippen LogP contribution >= 0.6 is 71.0 Å². The number of aliphatic hydroxyl groups excluding tert-OH is 3. The van der Waals surface area contributed by atoms with Gasteiger partial charge >= 0.3 is 58.2 Å². The molecule has 12 N–H and O–H groups in total. The van der Waals surface area contributed by atoms with E-state index in [1.165, 1.54) is 69.9 Å². The molecule has 0 bridgehead atoms. The molecule has 9 heterocycles. The molecule has 3 aliphatic heterocycles. The predicted octanol–water partition coefficient (Wildman–Crippen LogP) is 14.7. The van der Waals surface area contributed by atoms with Crippen LogP contribution < -0.4 is 62.6 Å². The summed E-state index contributed by atoms with van der Waals surface area (Å²) in [6.45, 7) is 4.60. The Balaban J connectivity index is 0.000000171. The van der Waals surface area contributed by atoms with Gasteiger partial charge in [-0.3, -0.25) is 71.0 Å². The van der Waals surface area contributed by atoms with E-state index in [9.17, 15) is 72.2 Å². The number of hydrogen-bond acceptors (Lipinski definition) is 27. The van der Waals surface area contributed by atoms with E-state index in [0.29, 0.717) is 17.1 Å². The maximum Gasteiger partial charge on any atom is 0.459 e. The summed E-state index contributed by atoms with van der Waals surface area (Å²) in [6, 6.07) is 50.1. The van der Waals surface area contributed by atoms with E-state index in [0.717, 1.165) is 80.4 Å². The van der Waals surface area contributed by atoms with E-state index in [2.05, 4.69) is 93.0 Å². The molecule has 4 aliphatic rings. The van der Waals surface area contributed by atoms with Gasteiger partial charge in [0.25, 0.3) is 16.7 Å². The summed E-state index contributed by atoms with van der Waals surface area (Å²) < 4.78 is 116. The molecule has 45 heteroatoms. The molecule has 12 aromatic rings. The quantitative estimate of drug-likeness (QED) is 0.00971. The van der Waals surface area contributed by atoms with Crippen LogP contribution in [0.3, 0.4) is 0 Å². The zero-order chi connectivity index (χ0) is 102. The fourth-order valence-corrected chi connectivity index (χ4v) is 21.6. The van der Waals surface area contributed by atoms with Crippen molar-refractivity contribution in [2.45, 2.75) is 184 Å². The van der Waals surface area contributed by atoms with Gasteiger partial charge in [0.15, 0.2) is 0 Å². The lowest BCUT2D eigenvalue weighted by Crippen LogP contribution is -2.41. The second-order valence-electron chi connectivity index (χ2n) is 35.4. The minimum Gasteiger partial charge on any atom is -0.468 e. The van der Waals surface area contributed by atoms with Crippen LogP contribution in [0.2, 0.25) is 0 Å². The van der Waals surface area contributed by atoms with Crippen molar-refractivity contribution in [1.29, 1.82) is 0 Å². The van der Waals surface area contributed by atoms with Crippen molar-refractivity contribution in [2.75, 3.05) is 33.5 Å². The van der Waals surface area contributed by atoms with Crippen molar-refractivity contribution >= 4 is 140 Å². The van der Waals surface area contributed by atoms with Crippen LogP contribution in [-0.4, -0.2) is 171 Å². The topological polar surface area (TPSA) is 522 Å². The third-order valence-corrected chi connectivity index (χ3v) is 28.9. The Morgan fingerprint density at radius 2 is 0.734 bits per heavy atom. The highest BCUT2D eigenvalue weighted by atomic mass is 79.9. The van der Waals surface area contributed by atoms with Crippen LogP contribution in [0.15, 0.2) is 244 Å². The van der Waals surface area contributed by atoms with Gasteiger partial charge in [-0.15, -0.1) is 0 Å². The van der Waals surface area contributed by atoms with Gasteiger partial charge in [-0.25, -0.2) is 28.1 Å². The Bertz CT molecular complexity index is 6900. The van der Waals surface area contributed by atoms with Crippen molar-refractivity contribution in [3.63, 3.8) is 0 Å². The van der Waals surface area contributed by atoms with Crippen molar-refractivity contribution in [2.24, 2.45) is 5.41 Å². The smallest absolute Gasteiger partial charge is 0.459 e. The highest BCUT2D eigenvalue weighted by molar-refractivity contribution is 9.11. The average Bonchev–Trinajstić information content (AvgIpc) is 1.70. The van der Waals surface area contributed by atoms with Gasteiger partial charge in [0, 0.05) is 90.7 Å². The van der Waals surface area contributed by atoms with Crippen LogP contribution in [0.5, 0.6) is 17.2 Å². The predicted molar refractivity (Wildman–Crippen MR) is 545 cm³/mol.